The molecule has 1 fully saturated rings. The molecule has 1 saturated heterocycles. The number of rotatable bonds is 7. The summed E-state index contributed by atoms with van der Waals surface area (Å²) in [6.45, 7) is 5.04. The number of aryl methyl sites for hydroxylation is 1. The summed E-state index contributed by atoms with van der Waals surface area (Å²) in [5.41, 5.74) is 0.437. The summed E-state index contributed by atoms with van der Waals surface area (Å²) in [6.07, 6.45) is 0. The van der Waals surface area contributed by atoms with Crippen molar-refractivity contribution in [3.8, 4) is 5.75 Å². The van der Waals surface area contributed by atoms with Gasteiger partial charge in [0.05, 0.1) is 12.2 Å². The van der Waals surface area contributed by atoms with Gasteiger partial charge in [-0.25, -0.2) is 0 Å². The fraction of sp³-hybridized carbons (Fsp3) is 0.364. The van der Waals surface area contributed by atoms with Gasteiger partial charge >= 0.3 is 0 Å². The molecular formula is C22H26N2O5. The van der Waals surface area contributed by atoms with E-state index in [0.29, 0.717) is 42.5 Å². The second kappa shape index (κ2) is 8.53. The topological polar surface area (TPSA) is 83.2 Å². The van der Waals surface area contributed by atoms with Crippen LogP contribution in [0.5, 0.6) is 5.75 Å². The molecule has 2 aromatic rings. The molecule has 0 bridgehead atoms. The molecule has 7 heteroatoms. The van der Waals surface area contributed by atoms with Gasteiger partial charge in [-0.2, -0.15) is 0 Å². The molecule has 29 heavy (non-hydrogen) atoms. The number of likely N-dealkylation sites (N-methyl/N-ethyl adjacent to an activating group) is 1. The lowest BCUT2D eigenvalue weighted by Crippen LogP contribution is -2.35. The van der Waals surface area contributed by atoms with Crippen LogP contribution >= 0.6 is 0 Å². The summed E-state index contributed by atoms with van der Waals surface area (Å²) < 4.78 is 11.2. The van der Waals surface area contributed by atoms with Gasteiger partial charge in [-0.1, -0.05) is 12.1 Å². The van der Waals surface area contributed by atoms with E-state index in [1.807, 2.05) is 25.9 Å². The van der Waals surface area contributed by atoms with Gasteiger partial charge in [-0.05, 0) is 52.2 Å². The summed E-state index contributed by atoms with van der Waals surface area (Å²) in [5.74, 6) is 0.0788. The molecular weight excluding hydrogens is 372 g/mol. The third-order valence-corrected chi connectivity index (χ3v) is 4.78. The maximum Gasteiger partial charge on any atom is 0.295 e. The first-order chi connectivity index (χ1) is 13.8. The summed E-state index contributed by atoms with van der Waals surface area (Å²) in [7, 11) is 3.78. The first kappa shape index (κ1) is 20.7. The number of nitrogens with zero attached hydrogens (tertiary/aromatic N) is 2. The van der Waals surface area contributed by atoms with Gasteiger partial charge in [0.25, 0.3) is 11.7 Å². The highest BCUT2D eigenvalue weighted by Crippen LogP contribution is 2.40. The summed E-state index contributed by atoms with van der Waals surface area (Å²) in [4.78, 5) is 29.0. The molecule has 3 rings (SSSR count). The van der Waals surface area contributed by atoms with Crippen LogP contribution in [0.3, 0.4) is 0 Å². The summed E-state index contributed by atoms with van der Waals surface area (Å²) in [6, 6.07) is 9.55. The molecule has 0 saturated carbocycles. The van der Waals surface area contributed by atoms with Crippen LogP contribution in [0.15, 0.2) is 46.4 Å². The van der Waals surface area contributed by atoms with E-state index in [-0.39, 0.29) is 11.3 Å². The van der Waals surface area contributed by atoms with Crippen LogP contribution in [-0.2, 0) is 9.59 Å². The number of ketones is 1. The molecule has 1 atom stereocenters. The van der Waals surface area contributed by atoms with E-state index >= 15 is 0 Å². The molecule has 1 N–H and O–H groups in total. The maximum atomic E-state index is 12.9. The van der Waals surface area contributed by atoms with Crippen molar-refractivity contribution in [2.75, 3.05) is 33.8 Å². The van der Waals surface area contributed by atoms with Crippen LogP contribution in [0.1, 0.15) is 30.0 Å². The predicted molar refractivity (Wildman–Crippen MR) is 109 cm³/mol. The van der Waals surface area contributed by atoms with Crippen molar-refractivity contribution in [1.29, 1.82) is 0 Å². The van der Waals surface area contributed by atoms with E-state index in [1.165, 1.54) is 4.90 Å². The number of ether oxygens (including phenoxy) is 1. The van der Waals surface area contributed by atoms with Crippen molar-refractivity contribution < 1.29 is 23.8 Å². The van der Waals surface area contributed by atoms with Crippen molar-refractivity contribution in [2.24, 2.45) is 0 Å². The molecule has 1 unspecified atom stereocenters. The predicted octanol–water partition coefficient (Wildman–Crippen LogP) is 2.97. The Balaban J connectivity index is 2.10. The lowest BCUT2D eigenvalue weighted by Gasteiger charge is -2.24. The van der Waals surface area contributed by atoms with Gasteiger partial charge in [0, 0.05) is 18.7 Å². The summed E-state index contributed by atoms with van der Waals surface area (Å²) >= 11 is 0. The van der Waals surface area contributed by atoms with Gasteiger partial charge in [-0.15, -0.1) is 0 Å². The number of carbonyl (C=O) groups excluding carboxylic acids is 2. The first-order valence-electron chi connectivity index (χ1n) is 9.56. The van der Waals surface area contributed by atoms with Crippen LogP contribution in [0.4, 0.5) is 0 Å². The summed E-state index contributed by atoms with van der Waals surface area (Å²) in [5, 5.41) is 11.0. The number of furan rings is 1. The highest BCUT2D eigenvalue weighted by molar-refractivity contribution is 6.46. The lowest BCUT2D eigenvalue weighted by atomic mass is 9.99. The Hall–Kier alpha value is -3.06. The van der Waals surface area contributed by atoms with Crippen molar-refractivity contribution in [1.82, 2.24) is 9.80 Å². The van der Waals surface area contributed by atoms with Crippen molar-refractivity contribution in [3.05, 3.63) is 59.1 Å². The number of Topliss-reactive ketones (excluding diaryl/α,β-unsaturated/α-hetero) is 1. The minimum absolute atomic E-state index is 0.0248. The number of amides is 1. The molecule has 0 radical (unpaired) electrons. The average Bonchev–Trinajstić information content (AvgIpc) is 3.21. The highest BCUT2D eigenvalue weighted by atomic mass is 16.5. The third-order valence-electron chi connectivity index (χ3n) is 4.78. The Kier molecular flexibility index (Phi) is 6.08. The van der Waals surface area contributed by atoms with E-state index in [2.05, 4.69) is 0 Å². The Morgan fingerprint density at radius 1 is 1.24 bits per heavy atom. The van der Waals surface area contributed by atoms with Crippen molar-refractivity contribution >= 4 is 17.4 Å². The zero-order valence-corrected chi connectivity index (χ0v) is 17.1. The van der Waals surface area contributed by atoms with E-state index < -0.39 is 17.7 Å². The minimum atomic E-state index is -0.778. The van der Waals surface area contributed by atoms with Crippen molar-refractivity contribution in [2.45, 2.75) is 19.9 Å². The third kappa shape index (κ3) is 4.19. The zero-order chi connectivity index (χ0) is 21.1. The van der Waals surface area contributed by atoms with Gasteiger partial charge in [0.15, 0.2) is 0 Å². The quantitative estimate of drug-likeness (QED) is 0.439. The Morgan fingerprint density at radius 3 is 2.62 bits per heavy atom. The van der Waals surface area contributed by atoms with Gasteiger partial charge in [0.2, 0.25) is 0 Å². The number of hydrogen-bond acceptors (Lipinski definition) is 6. The SMILES string of the molecule is CCOc1cccc(/C(O)=C2\C(=O)C(=O)N(CCN(C)C)C2c2ccc(C)o2)c1. The molecule has 1 aromatic carbocycles. The molecule has 2 heterocycles. The molecule has 0 aliphatic carbocycles. The largest absolute Gasteiger partial charge is 0.507 e. The maximum absolute atomic E-state index is 12.9. The first-order valence-corrected chi connectivity index (χ1v) is 9.56. The fourth-order valence-corrected chi connectivity index (χ4v) is 3.37. The fourth-order valence-electron chi connectivity index (χ4n) is 3.37. The minimum Gasteiger partial charge on any atom is -0.507 e. The number of carbonyl (C=O) groups is 2. The molecule has 1 aliphatic heterocycles. The standard InChI is InChI=1S/C22H26N2O5/c1-5-28-16-8-6-7-15(13-16)20(25)18-19(17-10-9-14(2)29-17)24(12-11-23(3)4)22(27)21(18)26/h6-10,13,19,25H,5,11-12H2,1-4H3/b20-18+. The number of hydrogen-bond donors (Lipinski definition) is 1. The van der Waals surface area contributed by atoms with Gasteiger partial charge in [-0.3, -0.25) is 9.59 Å². The lowest BCUT2D eigenvalue weighted by molar-refractivity contribution is -0.140. The molecule has 154 valence electrons. The highest BCUT2D eigenvalue weighted by Gasteiger charge is 2.47. The number of benzene rings is 1. The number of aliphatic hydroxyl groups is 1. The van der Waals surface area contributed by atoms with Crippen LogP contribution < -0.4 is 4.74 Å². The zero-order valence-electron chi connectivity index (χ0n) is 17.1. The molecule has 1 amide bonds. The monoisotopic (exact) mass is 398 g/mol. The molecule has 1 aliphatic rings. The van der Waals surface area contributed by atoms with Crippen LogP contribution in [-0.4, -0.2) is 60.4 Å². The van der Waals surface area contributed by atoms with E-state index in [4.69, 9.17) is 9.15 Å². The molecule has 7 nitrogen and oxygen atoms in total. The van der Waals surface area contributed by atoms with E-state index in [0.717, 1.165) is 0 Å². The van der Waals surface area contributed by atoms with E-state index in [9.17, 15) is 14.7 Å². The molecule has 0 spiro atoms. The van der Waals surface area contributed by atoms with Crippen molar-refractivity contribution in [3.63, 3.8) is 0 Å². The second-order valence-electron chi connectivity index (χ2n) is 7.21. The Morgan fingerprint density at radius 2 is 2.00 bits per heavy atom. The molecule has 1 aromatic heterocycles. The normalized spacial score (nSPS) is 18.7. The Labute approximate surface area is 170 Å². The van der Waals surface area contributed by atoms with Gasteiger partial charge < -0.3 is 24.1 Å². The van der Waals surface area contributed by atoms with E-state index in [1.54, 1.807) is 43.3 Å². The average molecular weight is 398 g/mol. The van der Waals surface area contributed by atoms with Gasteiger partial charge in [0.1, 0.15) is 29.1 Å². The smallest absolute Gasteiger partial charge is 0.295 e. The van der Waals surface area contributed by atoms with Crippen LogP contribution in [0, 0.1) is 6.92 Å². The number of aliphatic hydroxyl groups excluding tert-OH is 1. The van der Waals surface area contributed by atoms with Crippen LogP contribution in [0.2, 0.25) is 0 Å². The number of likely N-dealkylation sites (tertiary alicyclic amines) is 1. The van der Waals surface area contributed by atoms with Crippen LogP contribution in [0.25, 0.3) is 5.76 Å². The second-order valence-corrected chi connectivity index (χ2v) is 7.21. The Bertz CT molecular complexity index is 944.